The Kier molecular flexibility index (Phi) is 5.34. The molecule has 1 aromatic heterocycles. The summed E-state index contributed by atoms with van der Waals surface area (Å²) in [5, 5.41) is 0. The van der Waals surface area contributed by atoms with Crippen molar-refractivity contribution in [3.63, 3.8) is 0 Å². The number of hydrogen-bond donors (Lipinski definition) is 0. The molecule has 6 heteroatoms. The number of aromatic nitrogens is 2. The predicted molar refractivity (Wildman–Crippen MR) is 118 cm³/mol. The van der Waals surface area contributed by atoms with Gasteiger partial charge in [0, 0.05) is 56.0 Å². The summed E-state index contributed by atoms with van der Waals surface area (Å²) in [6.07, 6.45) is 3.68. The summed E-state index contributed by atoms with van der Waals surface area (Å²) in [6.45, 7) is 7.92. The van der Waals surface area contributed by atoms with E-state index < -0.39 is 0 Å². The van der Waals surface area contributed by atoms with Crippen molar-refractivity contribution in [3.05, 3.63) is 71.4 Å². The minimum absolute atomic E-state index is 0.000793. The molecule has 0 saturated carbocycles. The molecular weight excluding hydrogens is 364 g/mol. The Morgan fingerprint density at radius 1 is 0.759 bits per heavy atom. The Labute approximate surface area is 171 Å². The lowest BCUT2D eigenvalue weighted by Gasteiger charge is -2.37. The van der Waals surface area contributed by atoms with E-state index in [-0.39, 0.29) is 11.7 Å². The average molecular weight is 393 g/mol. The molecule has 29 heavy (non-hydrogen) atoms. The minimum Gasteiger partial charge on any atom is -0.497 e. The number of rotatable bonds is 5. The number of imidazole rings is 1. The maximum absolute atomic E-state index is 12.5. The molecular formula is C23H28N4O2. The summed E-state index contributed by atoms with van der Waals surface area (Å²) < 4.78 is 8.69. The molecule has 1 aliphatic rings. The molecule has 1 saturated heterocycles. The Bertz CT molecular complexity index is 995. The van der Waals surface area contributed by atoms with Crippen LogP contribution in [0.5, 0.6) is 5.75 Å². The van der Waals surface area contributed by atoms with Gasteiger partial charge in [-0.05, 0) is 62.4 Å². The Morgan fingerprint density at radius 3 is 1.69 bits per heavy atom. The van der Waals surface area contributed by atoms with E-state index in [1.807, 2.05) is 50.5 Å². The summed E-state index contributed by atoms with van der Waals surface area (Å²) >= 11 is 0. The van der Waals surface area contributed by atoms with Crippen molar-refractivity contribution in [2.75, 3.05) is 43.1 Å². The number of methoxy groups -OCH3 is 1. The fraction of sp³-hybridized carbons (Fsp3) is 0.348. The molecule has 0 spiro atoms. The highest BCUT2D eigenvalue weighted by Gasteiger charge is 2.18. The van der Waals surface area contributed by atoms with Gasteiger partial charge in [-0.2, -0.15) is 0 Å². The zero-order valence-corrected chi connectivity index (χ0v) is 17.3. The van der Waals surface area contributed by atoms with E-state index in [0.717, 1.165) is 37.6 Å². The highest BCUT2D eigenvalue weighted by atomic mass is 16.5. The van der Waals surface area contributed by atoms with Crippen LogP contribution in [0.4, 0.5) is 11.4 Å². The summed E-state index contributed by atoms with van der Waals surface area (Å²) in [5.74, 6) is 0.885. The summed E-state index contributed by atoms with van der Waals surface area (Å²) in [4.78, 5) is 17.3. The first-order valence-corrected chi connectivity index (χ1v) is 10.1. The predicted octanol–water partition coefficient (Wildman–Crippen LogP) is 3.56. The van der Waals surface area contributed by atoms with Crippen LogP contribution in [-0.2, 0) is 0 Å². The SMILES string of the molecule is COc1ccc(N2CCN(c3ccc(-n4ccn(C(C)C)c4=O)cc3)CC2)cc1. The maximum Gasteiger partial charge on any atom is 0.332 e. The van der Waals surface area contributed by atoms with Crippen LogP contribution >= 0.6 is 0 Å². The van der Waals surface area contributed by atoms with Crippen LogP contribution in [0.2, 0.25) is 0 Å². The number of nitrogens with zero attached hydrogens (tertiary/aromatic N) is 4. The largest absolute Gasteiger partial charge is 0.497 e. The third-order valence-electron chi connectivity index (χ3n) is 5.57. The Balaban J connectivity index is 1.42. The van der Waals surface area contributed by atoms with Crippen LogP contribution in [-0.4, -0.2) is 42.4 Å². The van der Waals surface area contributed by atoms with E-state index >= 15 is 0 Å². The molecule has 0 atom stereocenters. The van der Waals surface area contributed by atoms with E-state index in [4.69, 9.17) is 4.74 Å². The van der Waals surface area contributed by atoms with E-state index in [0.29, 0.717) is 0 Å². The molecule has 2 aromatic carbocycles. The third kappa shape index (κ3) is 3.88. The number of benzene rings is 2. The van der Waals surface area contributed by atoms with Gasteiger partial charge in [0.1, 0.15) is 5.75 Å². The molecule has 1 aliphatic heterocycles. The summed E-state index contributed by atoms with van der Waals surface area (Å²) in [6, 6.07) is 16.7. The van der Waals surface area contributed by atoms with E-state index in [1.165, 1.54) is 11.4 Å². The van der Waals surface area contributed by atoms with Gasteiger partial charge >= 0.3 is 5.69 Å². The molecule has 0 unspecified atom stereocenters. The molecule has 0 amide bonds. The number of ether oxygens (including phenoxy) is 1. The van der Waals surface area contributed by atoms with E-state index in [1.54, 1.807) is 16.2 Å². The topological polar surface area (TPSA) is 42.6 Å². The molecule has 1 fully saturated rings. The van der Waals surface area contributed by atoms with Gasteiger partial charge in [0.05, 0.1) is 12.8 Å². The summed E-state index contributed by atoms with van der Waals surface area (Å²) in [7, 11) is 1.69. The second kappa shape index (κ2) is 8.07. The smallest absolute Gasteiger partial charge is 0.332 e. The molecule has 4 rings (SSSR count). The maximum atomic E-state index is 12.5. The van der Waals surface area contributed by atoms with E-state index in [2.05, 4.69) is 34.1 Å². The molecule has 2 heterocycles. The first-order chi connectivity index (χ1) is 14.1. The van der Waals surface area contributed by atoms with Gasteiger partial charge in [0.15, 0.2) is 0 Å². The lowest BCUT2D eigenvalue weighted by atomic mass is 10.2. The van der Waals surface area contributed by atoms with Crippen LogP contribution < -0.4 is 20.2 Å². The molecule has 152 valence electrons. The van der Waals surface area contributed by atoms with Crippen LogP contribution in [0.25, 0.3) is 5.69 Å². The summed E-state index contributed by atoms with van der Waals surface area (Å²) in [5.41, 5.74) is 3.32. The van der Waals surface area contributed by atoms with Crippen molar-refractivity contribution in [1.82, 2.24) is 9.13 Å². The van der Waals surface area contributed by atoms with Crippen molar-refractivity contribution in [2.45, 2.75) is 19.9 Å². The van der Waals surface area contributed by atoms with Crippen LogP contribution in [0.1, 0.15) is 19.9 Å². The van der Waals surface area contributed by atoms with Gasteiger partial charge in [-0.25, -0.2) is 4.79 Å². The molecule has 0 aliphatic carbocycles. The van der Waals surface area contributed by atoms with Crippen molar-refractivity contribution in [3.8, 4) is 11.4 Å². The van der Waals surface area contributed by atoms with Crippen LogP contribution in [0.15, 0.2) is 65.7 Å². The molecule has 0 radical (unpaired) electrons. The van der Waals surface area contributed by atoms with Crippen molar-refractivity contribution in [1.29, 1.82) is 0 Å². The van der Waals surface area contributed by atoms with Gasteiger partial charge in [-0.1, -0.05) is 0 Å². The van der Waals surface area contributed by atoms with Crippen molar-refractivity contribution in [2.24, 2.45) is 0 Å². The standard InChI is InChI=1S/C23H28N4O2/c1-18(2)26-16-17-27(23(26)28)21-6-4-19(5-7-21)24-12-14-25(15-13-24)20-8-10-22(29-3)11-9-20/h4-11,16-18H,12-15H2,1-3H3. The normalized spacial score (nSPS) is 14.5. The lowest BCUT2D eigenvalue weighted by Crippen LogP contribution is -2.46. The fourth-order valence-corrected chi connectivity index (χ4v) is 3.82. The van der Waals surface area contributed by atoms with Gasteiger partial charge in [-0.3, -0.25) is 9.13 Å². The van der Waals surface area contributed by atoms with Gasteiger partial charge in [0.2, 0.25) is 0 Å². The Hall–Kier alpha value is -3.15. The highest BCUT2D eigenvalue weighted by Crippen LogP contribution is 2.23. The number of hydrogen-bond acceptors (Lipinski definition) is 4. The zero-order chi connectivity index (χ0) is 20.4. The fourth-order valence-electron chi connectivity index (χ4n) is 3.82. The first-order valence-electron chi connectivity index (χ1n) is 10.1. The third-order valence-corrected chi connectivity index (χ3v) is 5.57. The first kappa shape index (κ1) is 19.2. The second-order valence-electron chi connectivity index (χ2n) is 7.64. The van der Waals surface area contributed by atoms with Crippen LogP contribution in [0, 0.1) is 0 Å². The Morgan fingerprint density at radius 2 is 1.24 bits per heavy atom. The number of anilines is 2. The zero-order valence-electron chi connectivity index (χ0n) is 17.3. The highest BCUT2D eigenvalue weighted by molar-refractivity contribution is 5.54. The van der Waals surface area contributed by atoms with Gasteiger partial charge in [0.25, 0.3) is 0 Å². The molecule has 0 N–H and O–H groups in total. The molecule has 0 bridgehead atoms. The average Bonchev–Trinajstić information content (AvgIpc) is 3.16. The number of piperazine rings is 1. The molecule has 6 nitrogen and oxygen atoms in total. The lowest BCUT2D eigenvalue weighted by molar-refractivity contribution is 0.415. The van der Waals surface area contributed by atoms with Crippen molar-refractivity contribution < 1.29 is 4.74 Å². The van der Waals surface area contributed by atoms with Crippen molar-refractivity contribution >= 4 is 11.4 Å². The van der Waals surface area contributed by atoms with E-state index in [9.17, 15) is 4.79 Å². The van der Waals surface area contributed by atoms with Gasteiger partial charge in [-0.15, -0.1) is 0 Å². The second-order valence-corrected chi connectivity index (χ2v) is 7.64. The quantitative estimate of drug-likeness (QED) is 0.666. The molecule has 3 aromatic rings. The monoisotopic (exact) mass is 392 g/mol. The minimum atomic E-state index is 0.000793. The van der Waals surface area contributed by atoms with Crippen LogP contribution in [0.3, 0.4) is 0 Å². The van der Waals surface area contributed by atoms with Gasteiger partial charge < -0.3 is 14.5 Å².